The number of urea groups is 1. The molecule has 2 saturated carbocycles. The molecule has 2 aliphatic carbocycles. The number of aromatic nitrogens is 4. The number of nitrogens with zero attached hydrogens (tertiary/aromatic N) is 5. The van der Waals surface area contributed by atoms with E-state index in [1.807, 2.05) is 17.2 Å². The van der Waals surface area contributed by atoms with Crippen molar-refractivity contribution in [3.63, 3.8) is 0 Å². The number of likely N-dealkylation sites (tertiary alicyclic amines) is 1. The molecule has 1 saturated heterocycles. The smallest absolute Gasteiger partial charge is 0.323 e. The van der Waals surface area contributed by atoms with Crippen LogP contribution in [0.15, 0.2) is 18.5 Å². The van der Waals surface area contributed by atoms with Gasteiger partial charge in [-0.1, -0.05) is 0 Å². The lowest BCUT2D eigenvalue weighted by Gasteiger charge is -2.21. The van der Waals surface area contributed by atoms with Crippen molar-refractivity contribution in [3.05, 3.63) is 29.8 Å². The summed E-state index contributed by atoms with van der Waals surface area (Å²) < 4.78 is 4.36. The number of rotatable bonds is 4. The molecule has 3 fully saturated rings. The summed E-state index contributed by atoms with van der Waals surface area (Å²) in [5.74, 6) is 2.30. The zero-order chi connectivity index (χ0) is 20.9. The summed E-state index contributed by atoms with van der Waals surface area (Å²) in [6, 6.07) is 4.42. The molecule has 0 unspecified atom stereocenters. The standard InChI is InChI=1S/C21H22N8OS/c22-7-14-8-24-19-16(3-4-23-19)17(14)25-15-5-12-9-29(10-13(12)6-15)21(30)27-20-26-18(28-31-20)11-1-2-11/h3-4,8,11-13,15H,1-2,5-6,9-10H2,(H2,23,24,25)(H,26,27,28,30)/t12-,13+,15-. The van der Waals surface area contributed by atoms with Crippen molar-refractivity contribution in [1.29, 1.82) is 5.26 Å². The zero-order valence-corrected chi connectivity index (χ0v) is 17.7. The number of hydrogen-bond acceptors (Lipinski definition) is 7. The van der Waals surface area contributed by atoms with E-state index in [2.05, 4.69) is 36.0 Å². The number of fused-ring (bicyclic) bond motifs is 2. The fourth-order valence-corrected chi connectivity index (χ4v) is 5.64. The number of carbonyl (C=O) groups is 1. The Labute approximate surface area is 183 Å². The quantitative estimate of drug-likeness (QED) is 0.577. The minimum absolute atomic E-state index is 0.0765. The van der Waals surface area contributed by atoms with E-state index in [0.29, 0.717) is 28.4 Å². The second-order valence-electron chi connectivity index (χ2n) is 8.80. The summed E-state index contributed by atoms with van der Waals surface area (Å²) in [6.45, 7) is 1.51. The van der Waals surface area contributed by atoms with E-state index in [1.54, 1.807) is 6.20 Å². The Morgan fingerprint density at radius 3 is 2.84 bits per heavy atom. The average molecular weight is 435 g/mol. The first-order chi connectivity index (χ1) is 15.2. The van der Waals surface area contributed by atoms with Gasteiger partial charge in [0, 0.05) is 54.4 Å². The van der Waals surface area contributed by atoms with Gasteiger partial charge in [-0.25, -0.2) is 14.8 Å². The molecule has 2 amide bonds. The number of anilines is 2. The number of pyridine rings is 1. The van der Waals surface area contributed by atoms with Gasteiger partial charge < -0.3 is 15.2 Å². The van der Waals surface area contributed by atoms with E-state index in [-0.39, 0.29) is 12.1 Å². The van der Waals surface area contributed by atoms with Crippen molar-refractivity contribution in [2.75, 3.05) is 23.7 Å². The third-order valence-electron chi connectivity index (χ3n) is 6.69. The van der Waals surface area contributed by atoms with E-state index >= 15 is 0 Å². The van der Waals surface area contributed by atoms with Gasteiger partial charge >= 0.3 is 6.03 Å². The Morgan fingerprint density at radius 1 is 1.29 bits per heavy atom. The maximum Gasteiger partial charge on any atom is 0.323 e. The Hall–Kier alpha value is -3.19. The van der Waals surface area contributed by atoms with Crippen molar-refractivity contribution < 1.29 is 4.79 Å². The minimum atomic E-state index is -0.0765. The molecule has 3 aliphatic rings. The van der Waals surface area contributed by atoms with Crippen molar-refractivity contribution in [1.82, 2.24) is 24.2 Å². The van der Waals surface area contributed by atoms with Crippen molar-refractivity contribution in [2.45, 2.75) is 37.6 Å². The van der Waals surface area contributed by atoms with Gasteiger partial charge in [-0.3, -0.25) is 5.32 Å². The highest BCUT2D eigenvalue weighted by Crippen LogP contribution is 2.41. The monoisotopic (exact) mass is 434 g/mol. The molecule has 6 rings (SSSR count). The molecule has 0 aromatic carbocycles. The first-order valence-corrected chi connectivity index (χ1v) is 11.5. The molecule has 0 radical (unpaired) electrons. The molecule has 10 heteroatoms. The van der Waals surface area contributed by atoms with Crippen LogP contribution in [0.3, 0.4) is 0 Å². The maximum atomic E-state index is 12.7. The Balaban J connectivity index is 1.09. The molecule has 3 aromatic heterocycles. The molecule has 0 bridgehead atoms. The lowest BCUT2D eigenvalue weighted by molar-refractivity contribution is 0.218. The maximum absolute atomic E-state index is 12.7. The molecule has 3 aromatic rings. The van der Waals surface area contributed by atoms with Gasteiger partial charge in [0.15, 0.2) is 0 Å². The van der Waals surface area contributed by atoms with Gasteiger partial charge in [0.05, 0.1) is 11.3 Å². The topological polar surface area (TPSA) is 123 Å². The third-order valence-corrected chi connectivity index (χ3v) is 7.34. The number of nitrogens with one attached hydrogen (secondary N) is 3. The third kappa shape index (κ3) is 3.39. The molecular weight excluding hydrogens is 412 g/mol. The number of H-pyrrole nitrogens is 1. The van der Waals surface area contributed by atoms with Crippen LogP contribution in [0.25, 0.3) is 11.0 Å². The normalized spacial score (nSPS) is 24.9. The van der Waals surface area contributed by atoms with E-state index in [0.717, 1.165) is 61.3 Å². The van der Waals surface area contributed by atoms with Crippen LogP contribution in [-0.4, -0.2) is 49.4 Å². The van der Waals surface area contributed by atoms with Gasteiger partial charge in [0.1, 0.15) is 17.5 Å². The predicted molar refractivity (Wildman–Crippen MR) is 117 cm³/mol. The molecule has 1 aliphatic heterocycles. The summed E-state index contributed by atoms with van der Waals surface area (Å²) in [4.78, 5) is 26.5. The second-order valence-corrected chi connectivity index (χ2v) is 9.55. The van der Waals surface area contributed by atoms with Crippen LogP contribution in [0.2, 0.25) is 0 Å². The summed E-state index contributed by atoms with van der Waals surface area (Å²) >= 11 is 1.27. The van der Waals surface area contributed by atoms with Gasteiger partial charge in [0.25, 0.3) is 0 Å². The SMILES string of the molecule is N#Cc1cnc2[nH]ccc2c1N[C@@H]1C[C@@H]2CN(C(=O)Nc3nc(C4CC4)ns3)C[C@@H]2C1. The van der Waals surface area contributed by atoms with E-state index in [1.165, 1.54) is 11.5 Å². The number of aromatic amines is 1. The minimum Gasteiger partial charge on any atom is -0.381 e. The van der Waals surface area contributed by atoms with Crippen LogP contribution in [0.4, 0.5) is 15.6 Å². The van der Waals surface area contributed by atoms with E-state index < -0.39 is 0 Å². The largest absolute Gasteiger partial charge is 0.381 e. The fraction of sp³-hybridized carbons (Fsp3) is 0.476. The Morgan fingerprint density at radius 2 is 2.10 bits per heavy atom. The van der Waals surface area contributed by atoms with Crippen LogP contribution in [0.5, 0.6) is 0 Å². The molecule has 0 spiro atoms. The lowest BCUT2D eigenvalue weighted by Crippen LogP contribution is -2.34. The van der Waals surface area contributed by atoms with Crippen molar-refractivity contribution in [2.24, 2.45) is 11.8 Å². The predicted octanol–water partition coefficient (Wildman–Crippen LogP) is 3.52. The van der Waals surface area contributed by atoms with Gasteiger partial charge in [0.2, 0.25) is 5.13 Å². The molecule has 4 heterocycles. The van der Waals surface area contributed by atoms with Crippen molar-refractivity contribution in [3.8, 4) is 6.07 Å². The number of hydrogen-bond donors (Lipinski definition) is 3. The number of carbonyl (C=O) groups excluding carboxylic acids is 1. The van der Waals surface area contributed by atoms with Crippen LogP contribution >= 0.6 is 11.5 Å². The molecule has 3 atom stereocenters. The Bertz CT molecular complexity index is 1180. The van der Waals surface area contributed by atoms with Crippen LogP contribution in [-0.2, 0) is 0 Å². The summed E-state index contributed by atoms with van der Waals surface area (Å²) in [5, 5.41) is 17.6. The lowest BCUT2D eigenvalue weighted by atomic mass is 10.0. The molecule has 9 nitrogen and oxygen atoms in total. The van der Waals surface area contributed by atoms with Crippen LogP contribution in [0, 0.1) is 23.2 Å². The highest BCUT2D eigenvalue weighted by molar-refractivity contribution is 7.09. The first-order valence-electron chi connectivity index (χ1n) is 10.7. The van der Waals surface area contributed by atoms with E-state index in [9.17, 15) is 10.1 Å². The van der Waals surface area contributed by atoms with Crippen LogP contribution < -0.4 is 10.6 Å². The highest BCUT2D eigenvalue weighted by Gasteiger charge is 2.42. The number of amides is 2. The first kappa shape index (κ1) is 18.6. The molecule has 31 heavy (non-hydrogen) atoms. The average Bonchev–Trinajstić information content (AvgIpc) is 3.13. The molecular formula is C21H22N8OS. The van der Waals surface area contributed by atoms with Gasteiger partial charge in [-0.2, -0.15) is 9.64 Å². The van der Waals surface area contributed by atoms with Gasteiger partial charge in [-0.15, -0.1) is 0 Å². The van der Waals surface area contributed by atoms with E-state index in [4.69, 9.17) is 0 Å². The molecule has 3 N–H and O–H groups in total. The molecule has 158 valence electrons. The van der Waals surface area contributed by atoms with Gasteiger partial charge in [-0.05, 0) is 43.6 Å². The second kappa shape index (κ2) is 7.20. The summed E-state index contributed by atoms with van der Waals surface area (Å²) in [6.07, 6.45) is 7.73. The van der Waals surface area contributed by atoms with Crippen molar-refractivity contribution >= 4 is 39.4 Å². The highest BCUT2D eigenvalue weighted by atomic mass is 32.1. The fourth-order valence-electron chi connectivity index (χ4n) is 5.00. The summed E-state index contributed by atoms with van der Waals surface area (Å²) in [5.41, 5.74) is 2.20. The van der Waals surface area contributed by atoms with Crippen LogP contribution in [0.1, 0.15) is 43.0 Å². The summed E-state index contributed by atoms with van der Waals surface area (Å²) in [7, 11) is 0. The Kier molecular flexibility index (Phi) is 4.31. The number of nitriles is 1. The zero-order valence-electron chi connectivity index (χ0n) is 16.8.